The Balaban J connectivity index is 1.76. The van der Waals surface area contributed by atoms with Gasteiger partial charge in [-0.1, -0.05) is 27.5 Å². The predicted molar refractivity (Wildman–Crippen MR) is 94.1 cm³/mol. The summed E-state index contributed by atoms with van der Waals surface area (Å²) in [6.07, 6.45) is 1.63. The minimum atomic E-state index is -0.469. The molecule has 3 aromatic rings. The van der Waals surface area contributed by atoms with Gasteiger partial charge in [-0.2, -0.15) is 4.98 Å². The van der Waals surface area contributed by atoms with Gasteiger partial charge in [0.2, 0.25) is 5.95 Å². The highest BCUT2D eigenvalue weighted by Crippen LogP contribution is 2.22. The molecule has 1 heterocycles. The molecule has 0 aliphatic carbocycles. The van der Waals surface area contributed by atoms with Crippen LogP contribution in [0.15, 0.2) is 59.2 Å². The van der Waals surface area contributed by atoms with Gasteiger partial charge in [-0.05, 0) is 48.5 Å². The van der Waals surface area contributed by atoms with Crippen molar-refractivity contribution in [1.29, 1.82) is 0 Å². The second-order valence-electron chi connectivity index (χ2n) is 4.65. The lowest BCUT2D eigenvalue weighted by Gasteiger charge is -2.09. The second kappa shape index (κ2) is 6.93. The molecule has 7 heteroatoms. The van der Waals surface area contributed by atoms with Gasteiger partial charge in [0.15, 0.2) is 0 Å². The first-order valence-electron chi connectivity index (χ1n) is 6.68. The fourth-order valence-corrected chi connectivity index (χ4v) is 2.32. The zero-order chi connectivity index (χ0) is 16.2. The molecule has 0 radical (unpaired) electrons. The first-order chi connectivity index (χ1) is 11.1. The SMILES string of the molecule is Fc1ccc(Nc2nccc(Nc3ccc(Br)cc3)n2)cc1Cl. The molecule has 0 unspecified atom stereocenters. The molecule has 3 rings (SSSR count). The van der Waals surface area contributed by atoms with E-state index in [-0.39, 0.29) is 5.02 Å². The maximum Gasteiger partial charge on any atom is 0.229 e. The summed E-state index contributed by atoms with van der Waals surface area (Å²) in [5.74, 6) is 0.552. The van der Waals surface area contributed by atoms with E-state index < -0.39 is 5.82 Å². The van der Waals surface area contributed by atoms with Crippen LogP contribution in [-0.2, 0) is 0 Å². The summed E-state index contributed by atoms with van der Waals surface area (Å²) in [6.45, 7) is 0. The standard InChI is InChI=1S/C16H11BrClFN4/c17-10-1-3-11(4-2-10)21-15-7-8-20-16(23-15)22-12-5-6-14(19)13(18)9-12/h1-9H,(H2,20,21,22,23). The molecule has 2 N–H and O–H groups in total. The highest BCUT2D eigenvalue weighted by atomic mass is 79.9. The Morgan fingerprint density at radius 1 is 0.957 bits per heavy atom. The Morgan fingerprint density at radius 2 is 1.70 bits per heavy atom. The van der Waals surface area contributed by atoms with E-state index in [2.05, 4.69) is 36.5 Å². The highest BCUT2D eigenvalue weighted by Gasteiger charge is 2.04. The molecule has 0 spiro atoms. The van der Waals surface area contributed by atoms with Crippen molar-refractivity contribution >= 4 is 50.7 Å². The van der Waals surface area contributed by atoms with Crippen LogP contribution in [0.4, 0.5) is 27.5 Å². The molecule has 23 heavy (non-hydrogen) atoms. The van der Waals surface area contributed by atoms with Gasteiger partial charge in [0, 0.05) is 22.0 Å². The van der Waals surface area contributed by atoms with E-state index in [0.717, 1.165) is 10.2 Å². The smallest absolute Gasteiger partial charge is 0.229 e. The van der Waals surface area contributed by atoms with Gasteiger partial charge in [0.05, 0.1) is 5.02 Å². The van der Waals surface area contributed by atoms with Crippen molar-refractivity contribution in [3.8, 4) is 0 Å². The Kier molecular flexibility index (Phi) is 4.73. The van der Waals surface area contributed by atoms with E-state index in [9.17, 15) is 4.39 Å². The van der Waals surface area contributed by atoms with Crippen LogP contribution in [-0.4, -0.2) is 9.97 Å². The lowest BCUT2D eigenvalue weighted by molar-refractivity contribution is 0.628. The summed E-state index contributed by atoms with van der Waals surface area (Å²) in [4.78, 5) is 8.49. The minimum Gasteiger partial charge on any atom is -0.340 e. The molecule has 0 fully saturated rings. The van der Waals surface area contributed by atoms with Crippen molar-refractivity contribution in [2.45, 2.75) is 0 Å². The zero-order valence-corrected chi connectivity index (χ0v) is 14.1. The van der Waals surface area contributed by atoms with Crippen LogP contribution in [0.5, 0.6) is 0 Å². The average Bonchev–Trinajstić information content (AvgIpc) is 2.54. The topological polar surface area (TPSA) is 49.8 Å². The molecule has 2 aromatic carbocycles. The Bertz CT molecular complexity index is 827. The lowest BCUT2D eigenvalue weighted by Crippen LogP contribution is -2.00. The van der Waals surface area contributed by atoms with Crippen molar-refractivity contribution in [3.05, 3.63) is 70.0 Å². The van der Waals surface area contributed by atoms with Gasteiger partial charge >= 0.3 is 0 Å². The number of hydrogen-bond acceptors (Lipinski definition) is 4. The number of halogens is 3. The predicted octanol–water partition coefficient (Wildman–Crippen LogP) is 5.52. The molecule has 0 aliphatic heterocycles. The van der Waals surface area contributed by atoms with Gasteiger partial charge in [-0.3, -0.25) is 0 Å². The number of nitrogens with zero attached hydrogens (tertiary/aromatic N) is 2. The van der Waals surface area contributed by atoms with Gasteiger partial charge < -0.3 is 10.6 Å². The third kappa shape index (κ3) is 4.18. The molecule has 0 saturated carbocycles. The summed E-state index contributed by atoms with van der Waals surface area (Å²) in [7, 11) is 0. The molecule has 0 saturated heterocycles. The van der Waals surface area contributed by atoms with E-state index >= 15 is 0 Å². The second-order valence-corrected chi connectivity index (χ2v) is 5.97. The van der Waals surface area contributed by atoms with E-state index in [1.807, 2.05) is 24.3 Å². The van der Waals surface area contributed by atoms with Crippen molar-refractivity contribution in [3.63, 3.8) is 0 Å². The molecule has 0 aliphatic rings. The monoisotopic (exact) mass is 392 g/mol. The number of nitrogens with one attached hydrogen (secondary N) is 2. The maximum absolute atomic E-state index is 13.2. The van der Waals surface area contributed by atoms with Crippen LogP contribution in [0.25, 0.3) is 0 Å². The minimum absolute atomic E-state index is 0.0409. The van der Waals surface area contributed by atoms with Crippen LogP contribution in [0, 0.1) is 5.82 Å². The molecular weight excluding hydrogens is 383 g/mol. The molecule has 1 aromatic heterocycles. The third-order valence-electron chi connectivity index (χ3n) is 2.95. The van der Waals surface area contributed by atoms with Gasteiger partial charge in [0.25, 0.3) is 0 Å². The highest BCUT2D eigenvalue weighted by molar-refractivity contribution is 9.10. The fourth-order valence-electron chi connectivity index (χ4n) is 1.87. The Morgan fingerprint density at radius 3 is 2.43 bits per heavy atom. The van der Waals surface area contributed by atoms with E-state index in [1.165, 1.54) is 12.1 Å². The first kappa shape index (κ1) is 15.7. The molecule has 0 bridgehead atoms. The lowest BCUT2D eigenvalue weighted by atomic mass is 10.3. The quantitative estimate of drug-likeness (QED) is 0.613. The normalized spacial score (nSPS) is 10.4. The first-order valence-corrected chi connectivity index (χ1v) is 7.85. The van der Waals surface area contributed by atoms with Crippen LogP contribution in [0.3, 0.4) is 0 Å². The van der Waals surface area contributed by atoms with Gasteiger partial charge in [0.1, 0.15) is 11.6 Å². The number of aromatic nitrogens is 2. The van der Waals surface area contributed by atoms with Crippen LogP contribution in [0.2, 0.25) is 5.02 Å². The van der Waals surface area contributed by atoms with Crippen molar-refractivity contribution in [2.75, 3.05) is 10.6 Å². The molecule has 0 amide bonds. The number of anilines is 4. The number of rotatable bonds is 4. The van der Waals surface area contributed by atoms with Crippen molar-refractivity contribution < 1.29 is 4.39 Å². The summed E-state index contributed by atoms with van der Waals surface area (Å²) in [5, 5.41) is 6.21. The van der Waals surface area contributed by atoms with E-state index in [1.54, 1.807) is 18.3 Å². The Labute approximate surface area is 145 Å². The number of benzene rings is 2. The average molecular weight is 394 g/mol. The zero-order valence-electron chi connectivity index (χ0n) is 11.7. The maximum atomic E-state index is 13.2. The van der Waals surface area contributed by atoms with Gasteiger partial charge in [-0.25, -0.2) is 9.37 Å². The summed E-state index contributed by atoms with van der Waals surface area (Å²) < 4.78 is 14.2. The molecule has 4 nitrogen and oxygen atoms in total. The summed E-state index contributed by atoms with van der Waals surface area (Å²) in [6, 6.07) is 13.8. The van der Waals surface area contributed by atoms with E-state index in [4.69, 9.17) is 11.6 Å². The fraction of sp³-hybridized carbons (Fsp3) is 0. The molecule has 0 atom stereocenters. The molecule has 116 valence electrons. The third-order valence-corrected chi connectivity index (χ3v) is 3.77. The van der Waals surface area contributed by atoms with Crippen LogP contribution >= 0.6 is 27.5 Å². The van der Waals surface area contributed by atoms with E-state index in [0.29, 0.717) is 17.5 Å². The van der Waals surface area contributed by atoms with Gasteiger partial charge in [-0.15, -0.1) is 0 Å². The summed E-state index contributed by atoms with van der Waals surface area (Å²) >= 11 is 9.15. The van der Waals surface area contributed by atoms with Crippen LogP contribution in [0.1, 0.15) is 0 Å². The summed E-state index contributed by atoms with van der Waals surface area (Å²) in [5.41, 5.74) is 1.51. The largest absolute Gasteiger partial charge is 0.340 e. The molecular formula is C16H11BrClFN4. The van der Waals surface area contributed by atoms with Crippen LogP contribution < -0.4 is 10.6 Å². The van der Waals surface area contributed by atoms with Crippen molar-refractivity contribution in [1.82, 2.24) is 9.97 Å². The number of hydrogen-bond donors (Lipinski definition) is 2. The Hall–Kier alpha value is -2.18. The van der Waals surface area contributed by atoms with Crippen molar-refractivity contribution in [2.24, 2.45) is 0 Å².